The molecule has 1 aliphatic rings. The van der Waals surface area contributed by atoms with Crippen LogP contribution in [-0.4, -0.2) is 30.9 Å². The van der Waals surface area contributed by atoms with Crippen molar-refractivity contribution in [1.29, 1.82) is 0 Å². The molecule has 0 aliphatic carbocycles. The number of hydrogen-bond acceptors (Lipinski definition) is 2. The van der Waals surface area contributed by atoms with E-state index in [2.05, 4.69) is 10.6 Å². The van der Waals surface area contributed by atoms with Gasteiger partial charge in [-0.15, -0.1) is 11.6 Å². The molecule has 1 amide bonds. The lowest BCUT2D eigenvalue weighted by Crippen LogP contribution is -2.46. The monoisotopic (exact) mass is 176 g/mol. The standard InChI is InChI=1S/C7H13ClN2O/c8-4-7(11)10-6-2-1-3-9-5-6/h6,9H,1-5H2,(H,10,11). The van der Waals surface area contributed by atoms with Gasteiger partial charge < -0.3 is 10.6 Å². The number of amides is 1. The number of alkyl halides is 1. The predicted octanol–water partition coefficient (Wildman–Crippen LogP) is 0.0934. The first-order valence-corrected chi connectivity index (χ1v) is 4.42. The Morgan fingerprint density at radius 1 is 1.73 bits per heavy atom. The van der Waals surface area contributed by atoms with Crippen molar-refractivity contribution in [2.24, 2.45) is 0 Å². The molecule has 3 nitrogen and oxygen atoms in total. The summed E-state index contributed by atoms with van der Waals surface area (Å²) in [6.07, 6.45) is 2.20. The summed E-state index contributed by atoms with van der Waals surface area (Å²) in [5.41, 5.74) is 0. The minimum Gasteiger partial charge on any atom is -0.351 e. The molecule has 0 aromatic rings. The molecule has 1 heterocycles. The molecule has 1 atom stereocenters. The Morgan fingerprint density at radius 3 is 3.09 bits per heavy atom. The summed E-state index contributed by atoms with van der Waals surface area (Å²) < 4.78 is 0. The first kappa shape index (κ1) is 8.81. The second-order valence-corrected chi connectivity index (χ2v) is 3.01. The molecule has 4 heteroatoms. The third-order valence-corrected chi connectivity index (χ3v) is 2.03. The van der Waals surface area contributed by atoms with Crippen LogP contribution in [0.3, 0.4) is 0 Å². The van der Waals surface area contributed by atoms with Gasteiger partial charge in [0.1, 0.15) is 5.88 Å². The largest absolute Gasteiger partial charge is 0.351 e. The van der Waals surface area contributed by atoms with E-state index in [0.29, 0.717) is 0 Å². The van der Waals surface area contributed by atoms with Crippen LogP contribution < -0.4 is 10.6 Å². The van der Waals surface area contributed by atoms with Gasteiger partial charge in [0.25, 0.3) is 0 Å². The van der Waals surface area contributed by atoms with Gasteiger partial charge in [-0.1, -0.05) is 0 Å². The summed E-state index contributed by atoms with van der Waals surface area (Å²) in [4.78, 5) is 10.8. The summed E-state index contributed by atoms with van der Waals surface area (Å²) in [5, 5.41) is 6.04. The van der Waals surface area contributed by atoms with Crippen molar-refractivity contribution in [2.45, 2.75) is 18.9 Å². The molecule has 64 valence electrons. The van der Waals surface area contributed by atoms with Crippen LogP contribution in [0, 0.1) is 0 Å². The van der Waals surface area contributed by atoms with Crippen molar-refractivity contribution in [1.82, 2.24) is 10.6 Å². The van der Waals surface area contributed by atoms with E-state index < -0.39 is 0 Å². The van der Waals surface area contributed by atoms with Gasteiger partial charge >= 0.3 is 0 Å². The first-order valence-electron chi connectivity index (χ1n) is 3.89. The molecule has 0 radical (unpaired) electrons. The number of piperidine rings is 1. The molecule has 2 N–H and O–H groups in total. The lowest BCUT2D eigenvalue weighted by molar-refractivity contribution is -0.119. The predicted molar refractivity (Wildman–Crippen MR) is 44.8 cm³/mol. The fourth-order valence-corrected chi connectivity index (χ4v) is 1.32. The lowest BCUT2D eigenvalue weighted by atomic mass is 10.1. The molecule has 0 aromatic carbocycles. The van der Waals surface area contributed by atoms with E-state index in [1.807, 2.05) is 0 Å². The van der Waals surface area contributed by atoms with Gasteiger partial charge in [0, 0.05) is 12.6 Å². The van der Waals surface area contributed by atoms with Crippen molar-refractivity contribution < 1.29 is 4.79 Å². The van der Waals surface area contributed by atoms with Crippen LogP contribution >= 0.6 is 11.6 Å². The van der Waals surface area contributed by atoms with Crippen LogP contribution in [0.4, 0.5) is 0 Å². The Bertz CT molecular complexity index is 134. The lowest BCUT2D eigenvalue weighted by Gasteiger charge is -2.23. The number of halogens is 1. The molecule has 0 aromatic heterocycles. The molecule has 1 aliphatic heterocycles. The van der Waals surface area contributed by atoms with Gasteiger partial charge in [-0.25, -0.2) is 0 Å². The van der Waals surface area contributed by atoms with Crippen LogP contribution in [0.5, 0.6) is 0 Å². The molecule has 0 bridgehead atoms. The van der Waals surface area contributed by atoms with E-state index >= 15 is 0 Å². The average Bonchev–Trinajstić information content (AvgIpc) is 2.06. The van der Waals surface area contributed by atoms with Crippen LogP contribution in [0.1, 0.15) is 12.8 Å². The fraction of sp³-hybridized carbons (Fsp3) is 0.857. The van der Waals surface area contributed by atoms with Crippen molar-refractivity contribution in [3.8, 4) is 0 Å². The normalized spacial score (nSPS) is 24.6. The Morgan fingerprint density at radius 2 is 2.55 bits per heavy atom. The van der Waals surface area contributed by atoms with Crippen LogP contribution in [-0.2, 0) is 4.79 Å². The molecular formula is C7H13ClN2O. The van der Waals surface area contributed by atoms with E-state index in [1.54, 1.807) is 0 Å². The summed E-state index contributed by atoms with van der Waals surface area (Å²) in [7, 11) is 0. The summed E-state index contributed by atoms with van der Waals surface area (Å²) >= 11 is 5.34. The van der Waals surface area contributed by atoms with E-state index in [1.165, 1.54) is 0 Å². The first-order chi connectivity index (χ1) is 5.33. The SMILES string of the molecule is O=C(CCl)NC1CCCNC1. The number of carbonyl (C=O) groups excluding carboxylic acids is 1. The van der Waals surface area contributed by atoms with Gasteiger partial charge in [0.15, 0.2) is 0 Å². The molecule has 1 rings (SSSR count). The smallest absolute Gasteiger partial charge is 0.235 e. The zero-order chi connectivity index (χ0) is 8.10. The van der Waals surface area contributed by atoms with Crippen LogP contribution in [0.25, 0.3) is 0 Å². The Hall–Kier alpha value is -0.280. The Balaban J connectivity index is 2.19. The molecular weight excluding hydrogens is 164 g/mol. The van der Waals surface area contributed by atoms with Gasteiger partial charge in [-0.3, -0.25) is 4.79 Å². The molecule has 11 heavy (non-hydrogen) atoms. The zero-order valence-electron chi connectivity index (χ0n) is 6.40. The second kappa shape index (κ2) is 4.57. The maximum absolute atomic E-state index is 10.8. The third-order valence-electron chi connectivity index (χ3n) is 1.78. The van der Waals surface area contributed by atoms with Gasteiger partial charge in [0.05, 0.1) is 0 Å². The maximum atomic E-state index is 10.8. The van der Waals surface area contributed by atoms with Gasteiger partial charge in [-0.2, -0.15) is 0 Å². The molecule has 0 saturated carbocycles. The van der Waals surface area contributed by atoms with Crippen LogP contribution in [0.15, 0.2) is 0 Å². The minimum absolute atomic E-state index is 0.0660. The number of carbonyl (C=O) groups is 1. The van der Waals surface area contributed by atoms with E-state index in [-0.39, 0.29) is 17.8 Å². The van der Waals surface area contributed by atoms with Crippen molar-refractivity contribution >= 4 is 17.5 Å². The van der Waals surface area contributed by atoms with E-state index in [9.17, 15) is 4.79 Å². The summed E-state index contributed by atoms with van der Waals surface area (Å²) in [6, 6.07) is 0.287. The molecule has 1 saturated heterocycles. The highest BCUT2D eigenvalue weighted by Crippen LogP contribution is 2.00. The maximum Gasteiger partial charge on any atom is 0.235 e. The fourth-order valence-electron chi connectivity index (χ4n) is 1.24. The highest BCUT2D eigenvalue weighted by molar-refractivity contribution is 6.27. The number of hydrogen-bond donors (Lipinski definition) is 2. The summed E-state index contributed by atoms with van der Waals surface area (Å²) in [6.45, 7) is 1.94. The Labute approximate surface area is 71.5 Å². The second-order valence-electron chi connectivity index (χ2n) is 2.74. The van der Waals surface area contributed by atoms with Crippen LogP contribution in [0.2, 0.25) is 0 Å². The topological polar surface area (TPSA) is 41.1 Å². The highest BCUT2D eigenvalue weighted by Gasteiger charge is 2.13. The average molecular weight is 177 g/mol. The zero-order valence-corrected chi connectivity index (χ0v) is 7.16. The van der Waals surface area contributed by atoms with E-state index in [4.69, 9.17) is 11.6 Å². The number of rotatable bonds is 2. The van der Waals surface area contributed by atoms with E-state index in [0.717, 1.165) is 25.9 Å². The molecule has 0 spiro atoms. The summed E-state index contributed by atoms with van der Waals surface area (Å²) in [5.74, 6) is -0.00313. The highest BCUT2D eigenvalue weighted by atomic mass is 35.5. The van der Waals surface area contributed by atoms with Gasteiger partial charge in [-0.05, 0) is 19.4 Å². The van der Waals surface area contributed by atoms with Crippen molar-refractivity contribution in [2.75, 3.05) is 19.0 Å². The van der Waals surface area contributed by atoms with Crippen molar-refractivity contribution in [3.63, 3.8) is 0 Å². The molecule has 1 unspecified atom stereocenters. The Kier molecular flexibility index (Phi) is 3.66. The number of nitrogens with one attached hydrogen (secondary N) is 2. The van der Waals surface area contributed by atoms with Gasteiger partial charge in [0.2, 0.25) is 5.91 Å². The third kappa shape index (κ3) is 3.08. The minimum atomic E-state index is -0.0691. The molecule has 1 fully saturated rings. The quantitative estimate of drug-likeness (QED) is 0.586. The van der Waals surface area contributed by atoms with Crippen molar-refractivity contribution in [3.05, 3.63) is 0 Å².